The minimum absolute atomic E-state index is 0.0490. The van der Waals surface area contributed by atoms with Crippen LogP contribution in [0.1, 0.15) is 20.8 Å². The lowest BCUT2D eigenvalue weighted by Gasteiger charge is -2.27. The third kappa shape index (κ3) is 4.75. The number of methoxy groups -OCH3 is 1. The van der Waals surface area contributed by atoms with Crippen molar-refractivity contribution in [1.29, 1.82) is 0 Å². The number of anilines is 1. The SMILES string of the molecule is C#CCN(C(=O)OC(C)(C)C)c1ccc(P(C)(C)=O)c(F)c1OC. The van der Waals surface area contributed by atoms with Crippen molar-refractivity contribution in [3.8, 4) is 18.1 Å². The smallest absolute Gasteiger partial charge is 0.415 e. The Morgan fingerprint density at radius 2 is 1.96 bits per heavy atom. The van der Waals surface area contributed by atoms with Crippen LogP contribution in [0.3, 0.4) is 0 Å². The highest BCUT2D eigenvalue weighted by molar-refractivity contribution is 7.70. The number of benzene rings is 1. The van der Waals surface area contributed by atoms with E-state index in [-0.39, 0.29) is 23.3 Å². The van der Waals surface area contributed by atoms with E-state index in [0.717, 1.165) is 4.90 Å². The summed E-state index contributed by atoms with van der Waals surface area (Å²) in [7, 11) is -1.58. The van der Waals surface area contributed by atoms with Gasteiger partial charge in [-0.05, 0) is 46.2 Å². The van der Waals surface area contributed by atoms with Gasteiger partial charge in [-0.25, -0.2) is 9.18 Å². The van der Waals surface area contributed by atoms with Gasteiger partial charge in [0.15, 0.2) is 11.6 Å². The van der Waals surface area contributed by atoms with Crippen LogP contribution in [0.2, 0.25) is 0 Å². The fourth-order valence-corrected chi connectivity index (χ4v) is 3.02. The van der Waals surface area contributed by atoms with Crippen LogP contribution in [0.4, 0.5) is 14.9 Å². The molecule has 1 rings (SSSR count). The van der Waals surface area contributed by atoms with E-state index in [4.69, 9.17) is 15.9 Å². The number of carbonyl (C=O) groups is 1. The summed E-state index contributed by atoms with van der Waals surface area (Å²) in [6, 6.07) is 2.83. The molecule has 5 nitrogen and oxygen atoms in total. The second-order valence-electron chi connectivity index (χ2n) is 6.57. The average molecular weight is 355 g/mol. The lowest BCUT2D eigenvalue weighted by atomic mass is 10.2. The van der Waals surface area contributed by atoms with Gasteiger partial charge >= 0.3 is 6.09 Å². The Morgan fingerprint density at radius 3 is 2.38 bits per heavy atom. The van der Waals surface area contributed by atoms with Gasteiger partial charge in [0.05, 0.1) is 24.6 Å². The molecule has 0 aromatic heterocycles. The van der Waals surface area contributed by atoms with Gasteiger partial charge in [0.2, 0.25) is 0 Å². The Bertz CT molecular complexity index is 713. The number of nitrogens with zero attached hydrogens (tertiary/aromatic N) is 1. The van der Waals surface area contributed by atoms with Gasteiger partial charge in [-0.15, -0.1) is 6.42 Å². The van der Waals surface area contributed by atoms with E-state index in [1.54, 1.807) is 20.8 Å². The summed E-state index contributed by atoms with van der Waals surface area (Å²) < 4.78 is 37.3. The maximum absolute atomic E-state index is 14.7. The molecule has 7 heteroatoms. The van der Waals surface area contributed by atoms with Crippen LogP contribution in [0.5, 0.6) is 5.75 Å². The Morgan fingerprint density at radius 1 is 1.38 bits per heavy atom. The van der Waals surface area contributed by atoms with Gasteiger partial charge in [0, 0.05) is 0 Å². The van der Waals surface area contributed by atoms with Crippen molar-refractivity contribution in [2.45, 2.75) is 26.4 Å². The number of ether oxygens (including phenoxy) is 2. The van der Waals surface area contributed by atoms with Crippen LogP contribution < -0.4 is 14.9 Å². The maximum Gasteiger partial charge on any atom is 0.415 e. The number of halogens is 1. The van der Waals surface area contributed by atoms with E-state index in [1.807, 2.05) is 0 Å². The van der Waals surface area contributed by atoms with Crippen molar-refractivity contribution >= 4 is 24.2 Å². The van der Waals surface area contributed by atoms with Crippen LogP contribution in [-0.2, 0) is 9.30 Å². The minimum atomic E-state index is -2.85. The van der Waals surface area contributed by atoms with Crippen LogP contribution >= 0.6 is 7.14 Å². The Kier molecular flexibility index (Phi) is 6.08. The summed E-state index contributed by atoms with van der Waals surface area (Å²) in [5.41, 5.74) is -0.613. The van der Waals surface area contributed by atoms with Gasteiger partial charge in [-0.3, -0.25) is 4.90 Å². The number of hydrogen-bond acceptors (Lipinski definition) is 4. The maximum atomic E-state index is 14.7. The summed E-state index contributed by atoms with van der Waals surface area (Å²) in [5, 5.41) is 0.0490. The quantitative estimate of drug-likeness (QED) is 0.613. The molecule has 0 spiro atoms. The van der Waals surface area contributed by atoms with E-state index in [9.17, 15) is 13.8 Å². The molecule has 0 radical (unpaired) electrons. The predicted molar refractivity (Wildman–Crippen MR) is 94.5 cm³/mol. The summed E-state index contributed by atoms with van der Waals surface area (Å²) >= 11 is 0. The molecule has 0 heterocycles. The molecule has 24 heavy (non-hydrogen) atoms. The Hall–Kier alpha value is -1.99. The predicted octanol–water partition coefficient (Wildman–Crippen LogP) is 3.46. The van der Waals surface area contributed by atoms with Crippen LogP contribution in [0.25, 0.3) is 0 Å². The zero-order valence-electron chi connectivity index (χ0n) is 14.8. The molecule has 0 saturated heterocycles. The molecule has 1 aromatic carbocycles. The molecule has 0 aliphatic rings. The zero-order chi connectivity index (χ0) is 18.7. The van der Waals surface area contributed by atoms with Gasteiger partial charge in [-0.2, -0.15) is 0 Å². The second kappa shape index (κ2) is 7.27. The normalized spacial score (nSPS) is 11.6. The third-order valence-electron chi connectivity index (χ3n) is 2.99. The van der Waals surface area contributed by atoms with Gasteiger partial charge in [0.1, 0.15) is 12.7 Å². The Balaban J connectivity index is 3.45. The number of carbonyl (C=O) groups excluding carboxylic acids is 1. The molecule has 1 amide bonds. The van der Waals surface area contributed by atoms with Crippen LogP contribution in [0.15, 0.2) is 12.1 Å². The van der Waals surface area contributed by atoms with Crippen molar-refractivity contribution in [2.75, 3.05) is 31.9 Å². The monoisotopic (exact) mass is 355 g/mol. The summed E-state index contributed by atoms with van der Waals surface area (Å²) in [6.45, 7) is 7.92. The summed E-state index contributed by atoms with van der Waals surface area (Å²) in [6.07, 6.45) is 4.60. The standard InChI is InChI=1S/C17H23FNO4P/c1-8-11-19(16(20)23-17(2,3)4)12-9-10-13(24(6,7)21)14(18)15(12)22-5/h1,9-10H,11H2,2-7H3. The number of amides is 1. The fraction of sp³-hybridized carbons (Fsp3) is 0.471. The summed E-state index contributed by atoms with van der Waals surface area (Å²) in [5.74, 6) is 1.37. The molecule has 0 unspecified atom stereocenters. The minimum Gasteiger partial charge on any atom is -0.492 e. The van der Waals surface area contributed by atoms with E-state index in [2.05, 4.69) is 5.92 Å². The van der Waals surface area contributed by atoms with E-state index in [1.165, 1.54) is 32.6 Å². The van der Waals surface area contributed by atoms with Crippen molar-refractivity contribution in [3.05, 3.63) is 17.9 Å². The lowest BCUT2D eigenvalue weighted by Crippen LogP contribution is -2.37. The van der Waals surface area contributed by atoms with Crippen LogP contribution in [0, 0.1) is 18.2 Å². The third-order valence-corrected chi connectivity index (χ3v) is 4.50. The topological polar surface area (TPSA) is 55.8 Å². The zero-order valence-corrected chi connectivity index (χ0v) is 15.7. The second-order valence-corrected chi connectivity index (χ2v) is 9.76. The fourth-order valence-electron chi connectivity index (χ4n) is 2.01. The van der Waals surface area contributed by atoms with E-state index in [0.29, 0.717) is 0 Å². The number of terminal acetylenes is 1. The lowest BCUT2D eigenvalue weighted by molar-refractivity contribution is 0.0584. The highest BCUT2D eigenvalue weighted by atomic mass is 31.2. The molecule has 0 fully saturated rings. The van der Waals surface area contributed by atoms with Gasteiger partial charge < -0.3 is 14.0 Å². The molecule has 132 valence electrons. The van der Waals surface area contributed by atoms with E-state index >= 15 is 0 Å². The molecular weight excluding hydrogens is 332 g/mol. The molecule has 0 aliphatic carbocycles. The molecule has 0 bridgehead atoms. The van der Waals surface area contributed by atoms with Gasteiger partial charge in [0.25, 0.3) is 0 Å². The molecule has 0 saturated carbocycles. The van der Waals surface area contributed by atoms with Crippen molar-refractivity contribution in [3.63, 3.8) is 0 Å². The highest BCUT2D eigenvalue weighted by Crippen LogP contribution is 2.41. The summed E-state index contributed by atoms with van der Waals surface area (Å²) in [4.78, 5) is 13.5. The Labute approximate surface area is 142 Å². The van der Waals surface area contributed by atoms with Crippen molar-refractivity contribution < 1.29 is 23.2 Å². The van der Waals surface area contributed by atoms with Crippen LogP contribution in [-0.4, -0.2) is 38.7 Å². The molecule has 1 aromatic rings. The highest BCUT2D eigenvalue weighted by Gasteiger charge is 2.29. The number of hydrogen-bond donors (Lipinski definition) is 0. The molecule has 0 atom stereocenters. The molecule has 0 aliphatic heterocycles. The number of rotatable bonds is 4. The van der Waals surface area contributed by atoms with E-state index < -0.39 is 24.7 Å². The average Bonchev–Trinajstić information content (AvgIpc) is 2.41. The first kappa shape index (κ1) is 20.1. The molecule has 0 N–H and O–H groups in total. The first-order chi connectivity index (χ1) is 10.9. The van der Waals surface area contributed by atoms with Gasteiger partial charge in [-0.1, -0.05) is 5.92 Å². The first-order valence-electron chi connectivity index (χ1n) is 7.28. The van der Waals surface area contributed by atoms with Crippen molar-refractivity contribution in [2.24, 2.45) is 0 Å². The largest absolute Gasteiger partial charge is 0.492 e. The van der Waals surface area contributed by atoms with Crippen molar-refractivity contribution in [1.82, 2.24) is 0 Å². The molecular formula is C17H23FNO4P. The first-order valence-corrected chi connectivity index (χ1v) is 9.88.